The van der Waals surface area contributed by atoms with Gasteiger partial charge in [0.2, 0.25) is 0 Å². The average molecular weight is 301 g/mol. The summed E-state index contributed by atoms with van der Waals surface area (Å²) in [6.45, 7) is 13.8. The molecule has 0 heterocycles. The standard InChI is InChI=1S/C13H32N4Si2/c1-16(18(3,4)5)14-12-10-9-11-13-15-17(2)19(6,7)8/h12-13H,9-11H2,1-8H3. The lowest BCUT2D eigenvalue weighted by atomic mass is 10.3. The highest BCUT2D eigenvalue weighted by Gasteiger charge is 2.18. The van der Waals surface area contributed by atoms with E-state index in [2.05, 4.69) is 72.9 Å². The third-order valence-corrected chi connectivity index (χ3v) is 7.23. The summed E-state index contributed by atoms with van der Waals surface area (Å²) >= 11 is 0. The molecule has 0 aliphatic carbocycles. The van der Waals surface area contributed by atoms with E-state index in [0.29, 0.717) is 0 Å². The molecule has 0 fully saturated rings. The van der Waals surface area contributed by atoms with Gasteiger partial charge in [-0.3, -0.25) is 0 Å². The Morgan fingerprint density at radius 1 is 0.737 bits per heavy atom. The zero-order valence-electron chi connectivity index (χ0n) is 14.1. The molecular formula is C13H32N4Si2. The molecule has 0 saturated heterocycles. The Morgan fingerprint density at radius 3 is 1.32 bits per heavy atom. The molecule has 0 aromatic rings. The fraction of sp³-hybridized carbons (Fsp3) is 0.846. The average Bonchev–Trinajstić information content (AvgIpc) is 2.24. The van der Waals surface area contributed by atoms with Crippen molar-refractivity contribution in [3.63, 3.8) is 0 Å². The van der Waals surface area contributed by atoms with Crippen LogP contribution in [-0.2, 0) is 0 Å². The van der Waals surface area contributed by atoms with E-state index in [1.807, 2.05) is 12.4 Å². The summed E-state index contributed by atoms with van der Waals surface area (Å²) in [7, 11) is 1.62. The van der Waals surface area contributed by atoms with E-state index in [1.165, 1.54) is 0 Å². The summed E-state index contributed by atoms with van der Waals surface area (Å²) in [6.07, 6.45) is 7.24. The molecular weight excluding hydrogens is 268 g/mol. The molecule has 0 rings (SSSR count). The molecule has 0 aliphatic rings. The van der Waals surface area contributed by atoms with Crippen LogP contribution in [0.3, 0.4) is 0 Å². The van der Waals surface area contributed by atoms with E-state index < -0.39 is 16.5 Å². The maximum Gasteiger partial charge on any atom is 0.168 e. The molecule has 0 atom stereocenters. The van der Waals surface area contributed by atoms with Gasteiger partial charge in [0.05, 0.1) is 0 Å². The molecule has 0 aliphatic heterocycles. The second kappa shape index (κ2) is 7.84. The van der Waals surface area contributed by atoms with E-state index in [9.17, 15) is 0 Å². The zero-order chi connectivity index (χ0) is 15.1. The van der Waals surface area contributed by atoms with Crippen molar-refractivity contribution < 1.29 is 0 Å². The van der Waals surface area contributed by atoms with E-state index in [0.717, 1.165) is 19.3 Å². The highest BCUT2D eigenvalue weighted by molar-refractivity contribution is 6.73. The quantitative estimate of drug-likeness (QED) is 0.296. The van der Waals surface area contributed by atoms with Gasteiger partial charge in [0.25, 0.3) is 0 Å². The zero-order valence-corrected chi connectivity index (χ0v) is 16.1. The van der Waals surface area contributed by atoms with Gasteiger partial charge < -0.3 is 9.35 Å². The van der Waals surface area contributed by atoms with Crippen molar-refractivity contribution in [3.8, 4) is 0 Å². The highest BCUT2D eigenvalue weighted by atomic mass is 28.3. The van der Waals surface area contributed by atoms with Crippen molar-refractivity contribution in [3.05, 3.63) is 0 Å². The monoisotopic (exact) mass is 300 g/mol. The molecule has 0 spiro atoms. The predicted molar refractivity (Wildman–Crippen MR) is 93.1 cm³/mol. The maximum atomic E-state index is 4.49. The van der Waals surface area contributed by atoms with Crippen molar-refractivity contribution in [2.45, 2.75) is 58.5 Å². The molecule has 0 radical (unpaired) electrons. The maximum absolute atomic E-state index is 4.49. The predicted octanol–water partition coefficient (Wildman–Crippen LogP) is 3.66. The van der Waals surface area contributed by atoms with Crippen LogP contribution in [-0.4, -0.2) is 52.3 Å². The van der Waals surface area contributed by atoms with Crippen molar-refractivity contribution in [2.24, 2.45) is 10.2 Å². The second-order valence-electron chi connectivity index (χ2n) is 6.92. The Hall–Kier alpha value is -0.626. The Balaban J connectivity index is 3.83. The minimum absolute atomic E-state index is 1.03. The first-order valence-electron chi connectivity index (χ1n) is 7.07. The van der Waals surface area contributed by atoms with Crippen LogP contribution in [0.15, 0.2) is 10.2 Å². The molecule has 6 heteroatoms. The van der Waals surface area contributed by atoms with Crippen molar-refractivity contribution in [1.29, 1.82) is 0 Å². The smallest absolute Gasteiger partial charge is 0.168 e. The summed E-state index contributed by atoms with van der Waals surface area (Å²) in [5.41, 5.74) is 0. The number of nitrogens with zero attached hydrogens (tertiary/aromatic N) is 4. The summed E-state index contributed by atoms with van der Waals surface area (Å²) in [6, 6.07) is 0. The first-order chi connectivity index (χ1) is 8.55. The fourth-order valence-electron chi connectivity index (χ4n) is 1.01. The Labute approximate surface area is 121 Å². The van der Waals surface area contributed by atoms with Gasteiger partial charge in [0.1, 0.15) is 0 Å². The van der Waals surface area contributed by atoms with Crippen LogP contribution < -0.4 is 0 Å². The number of hydrogen-bond donors (Lipinski definition) is 0. The molecule has 0 bridgehead atoms. The van der Waals surface area contributed by atoms with E-state index in [-0.39, 0.29) is 0 Å². The lowest BCUT2D eigenvalue weighted by molar-refractivity contribution is 0.547. The minimum atomic E-state index is -1.26. The molecule has 0 saturated carbocycles. The molecule has 0 amide bonds. The van der Waals surface area contributed by atoms with Crippen LogP contribution >= 0.6 is 0 Å². The van der Waals surface area contributed by atoms with Crippen molar-refractivity contribution in [1.82, 2.24) is 9.35 Å². The van der Waals surface area contributed by atoms with Crippen LogP contribution in [0.25, 0.3) is 0 Å². The summed E-state index contributed by atoms with van der Waals surface area (Å²) < 4.78 is 4.28. The molecule has 0 aromatic heterocycles. The number of hydrogen-bond acceptors (Lipinski definition) is 4. The van der Waals surface area contributed by atoms with Crippen LogP contribution in [0.4, 0.5) is 0 Å². The lowest BCUT2D eigenvalue weighted by Gasteiger charge is -2.26. The molecule has 4 nitrogen and oxygen atoms in total. The van der Waals surface area contributed by atoms with Crippen molar-refractivity contribution >= 4 is 28.9 Å². The SMILES string of the molecule is CN(N=CCCCC=NN(C)[Si](C)(C)C)[Si](C)(C)C. The molecule has 0 aromatic carbocycles. The van der Waals surface area contributed by atoms with Gasteiger partial charge >= 0.3 is 0 Å². The van der Waals surface area contributed by atoms with Gasteiger partial charge in [-0.15, -0.1) is 0 Å². The van der Waals surface area contributed by atoms with E-state index in [1.54, 1.807) is 0 Å². The number of hydrazone groups is 2. The number of rotatable bonds is 8. The van der Waals surface area contributed by atoms with Gasteiger partial charge in [-0.1, -0.05) is 39.3 Å². The van der Waals surface area contributed by atoms with E-state index >= 15 is 0 Å². The topological polar surface area (TPSA) is 31.2 Å². The first-order valence-corrected chi connectivity index (χ1v) is 14.0. The largest absolute Gasteiger partial charge is 0.328 e. The summed E-state index contributed by atoms with van der Waals surface area (Å²) in [5.74, 6) is 0. The molecule has 19 heavy (non-hydrogen) atoms. The third kappa shape index (κ3) is 8.99. The van der Waals surface area contributed by atoms with Gasteiger partial charge in [0.15, 0.2) is 16.5 Å². The van der Waals surface area contributed by atoms with Gasteiger partial charge in [-0.25, -0.2) is 0 Å². The fourth-order valence-corrected chi connectivity index (χ4v) is 1.86. The Bertz CT molecular complexity index is 273. The van der Waals surface area contributed by atoms with Crippen molar-refractivity contribution in [2.75, 3.05) is 14.1 Å². The van der Waals surface area contributed by atoms with Crippen LogP contribution in [0.5, 0.6) is 0 Å². The first kappa shape index (κ1) is 18.4. The minimum Gasteiger partial charge on any atom is -0.328 e. The third-order valence-electron chi connectivity index (χ3n) is 3.12. The Morgan fingerprint density at radius 2 is 1.05 bits per heavy atom. The number of unbranched alkanes of at least 4 members (excludes halogenated alkanes) is 2. The molecule has 112 valence electrons. The summed E-state index contributed by atoms with van der Waals surface area (Å²) in [4.78, 5) is 0. The van der Waals surface area contributed by atoms with Gasteiger partial charge in [-0.2, -0.15) is 10.2 Å². The lowest BCUT2D eigenvalue weighted by Crippen LogP contribution is -2.39. The van der Waals surface area contributed by atoms with E-state index in [4.69, 9.17) is 0 Å². The van der Waals surface area contributed by atoms with Gasteiger partial charge in [-0.05, 0) is 19.3 Å². The second-order valence-corrected chi connectivity index (χ2v) is 16.9. The molecule has 0 N–H and O–H groups in total. The van der Waals surface area contributed by atoms with Gasteiger partial charge in [0, 0.05) is 26.5 Å². The van der Waals surface area contributed by atoms with Crippen LogP contribution in [0.1, 0.15) is 19.3 Å². The molecule has 0 unspecified atom stereocenters. The van der Waals surface area contributed by atoms with Crippen LogP contribution in [0, 0.1) is 0 Å². The summed E-state index contributed by atoms with van der Waals surface area (Å²) in [5, 5.41) is 8.98. The normalized spacial score (nSPS) is 13.5. The van der Waals surface area contributed by atoms with Crippen LogP contribution in [0.2, 0.25) is 39.3 Å². The highest BCUT2D eigenvalue weighted by Crippen LogP contribution is 2.07. The Kier molecular flexibility index (Phi) is 7.58.